The molecular weight excluding hydrogens is 400 g/mol. The zero-order valence-corrected chi connectivity index (χ0v) is 18.7. The Morgan fingerprint density at radius 2 is 1.90 bits per heavy atom. The summed E-state index contributed by atoms with van der Waals surface area (Å²) in [4.78, 5) is 14.0. The minimum absolute atomic E-state index is 0.0863. The van der Waals surface area contributed by atoms with E-state index < -0.39 is 15.6 Å². The van der Waals surface area contributed by atoms with Crippen molar-refractivity contribution in [1.29, 1.82) is 0 Å². The summed E-state index contributed by atoms with van der Waals surface area (Å²) < 4.78 is 35.4. The highest BCUT2D eigenvalue weighted by Crippen LogP contribution is 2.40. The Balaban J connectivity index is 1.63. The molecule has 0 radical (unpaired) electrons. The van der Waals surface area contributed by atoms with E-state index in [2.05, 4.69) is 4.72 Å². The van der Waals surface area contributed by atoms with Crippen molar-refractivity contribution in [3.8, 4) is 5.75 Å². The SMILES string of the molecule is Cc1ccc2c(c1)OC(C)(C)C[C@H]2NS(=O)(=O)c1ccc(N2CCCC2=O)c(C)c1. The highest BCUT2D eigenvalue weighted by atomic mass is 32.2. The second kappa shape index (κ2) is 7.39. The van der Waals surface area contributed by atoms with Crippen LogP contribution in [-0.4, -0.2) is 26.5 Å². The number of fused-ring (bicyclic) bond motifs is 1. The number of nitrogens with zero attached hydrogens (tertiary/aromatic N) is 1. The van der Waals surface area contributed by atoms with Crippen LogP contribution in [0.5, 0.6) is 5.75 Å². The lowest BCUT2D eigenvalue weighted by Crippen LogP contribution is -2.41. The maximum absolute atomic E-state index is 13.2. The number of carbonyl (C=O) groups is 1. The van der Waals surface area contributed by atoms with Crippen LogP contribution in [0.3, 0.4) is 0 Å². The van der Waals surface area contributed by atoms with Gasteiger partial charge in [-0.3, -0.25) is 4.79 Å². The third-order valence-electron chi connectivity index (χ3n) is 5.77. The van der Waals surface area contributed by atoms with Crippen LogP contribution in [0.25, 0.3) is 0 Å². The van der Waals surface area contributed by atoms with Crippen LogP contribution in [0, 0.1) is 13.8 Å². The average molecular weight is 429 g/mol. The molecule has 1 atom stereocenters. The predicted molar refractivity (Wildman–Crippen MR) is 116 cm³/mol. The van der Waals surface area contributed by atoms with Crippen molar-refractivity contribution in [2.45, 2.75) is 63.5 Å². The van der Waals surface area contributed by atoms with Gasteiger partial charge in [-0.1, -0.05) is 12.1 Å². The van der Waals surface area contributed by atoms with Crippen LogP contribution in [-0.2, 0) is 14.8 Å². The smallest absolute Gasteiger partial charge is 0.241 e. The highest BCUT2D eigenvalue weighted by Gasteiger charge is 2.36. The normalized spacial score (nSPS) is 20.7. The average Bonchev–Trinajstić information content (AvgIpc) is 3.05. The van der Waals surface area contributed by atoms with E-state index in [1.807, 2.05) is 45.9 Å². The molecule has 0 bridgehead atoms. The van der Waals surface area contributed by atoms with E-state index in [4.69, 9.17) is 4.74 Å². The van der Waals surface area contributed by atoms with Gasteiger partial charge in [0, 0.05) is 30.6 Å². The van der Waals surface area contributed by atoms with E-state index in [-0.39, 0.29) is 16.8 Å². The Kier molecular flexibility index (Phi) is 5.14. The van der Waals surface area contributed by atoms with E-state index in [9.17, 15) is 13.2 Å². The van der Waals surface area contributed by atoms with E-state index in [1.165, 1.54) is 0 Å². The molecule has 0 saturated carbocycles. The predicted octanol–water partition coefficient (Wildman–Crippen LogP) is 4.01. The van der Waals surface area contributed by atoms with E-state index in [0.29, 0.717) is 19.4 Å². The topological polar surface area (TPSA) is 75.7 Å². The first-order valence-electron chi connectivity index (χ1n) is 10.3. The molecule has 160 valence electrons. The summed E-state index contributed by atoms with van der Waals surface area (Å²) in [6.45, 7) is 8.43. The Hall–Kier alpha value is -2.38. The van der Waals surface area contributed by atoms with Crippen molar-refractivity contribution in [2.24, 2.45) is 0 Å². The number of amides is 1. The zero-order chi connectivity index (χ0) is 21.7. The third kappa shape index (κ3) is 3.96. The maximum Gasteiger partial charge on any atom is 0.241 e. The molecule has 6 nitrogen and oxygen atoms in total. The molecule has 4 rings (SSSR count). The lowest BCUT2D eigenvalue weighted by molar-refractivity contribution is -0.117. The minimum Gasteiger partial charge on any atom is -0.487 e. The number of rotatable bonds is 4. The molecule has 2 heterocycles. The first kappa shape index (κ1) is 20.9. The molecule has 2 aromatic rings. The largest absolute Gasteiger partial charge is 0.487 e. The second-order valence-electron chi connectivity index (χ2n) is 8.88. The summed E-state index contributed by atoms with van der Waals surface area (Å²) in [7, 11) is -3.75. The number of nitrogens with one attached hydrogen (secondary N) is 1. The standard InChI is InChI=1S/C23H28N2O4S/c1-15-7-9-18-19(14-23(3,4)29-21(18)12-15)24-30(27,28)17-8-10-20(16(2)13-17)25-11-5-6-22(25)26/h7-10,12-13,19,24H,5-6,11,14H2,1-4H3/t19-/m1/s1. The molecule has 0 aliphatic carbocycles. The number of aryl methyl sites for hydroxylation is 2. The summed E-state index contributed by atoms with van der Waals surface area (Å²) in [6.07, 6.45) is 1.90. The molecule has 2 aliphatic rings. The first-order chi connectivity index (χ1) is 14.1. The Labute approximate surface area is 178 Å². The molecule has 0 aromatic heterocycles. The van der Waals surface area contributed by atoms with Gasteiger partial charge in [0.25, 0.3) is 0 Å². The van der Waals surface area contributed by atoms with Crippen molar-refractivity contribution >= 4 is 21.6 Å². The fourth-order valence-electron chi connectivity index (χ4n) is 4.32. The molecule has 0 spiro atoms. The second-order valence-corrected chi connectivity index (χ2v) is 10.6. The summed E-state index contributed by atoms with van der Waals surface area (Å²) in [6, 6.07) is 10.4. The van der Waals surface area contributed by atoms with Crippen molar-refractivity contribution in [2.75, 3.05) is 11.4 Å². The van der Waals surface area contributed by atoms with Crippen molar-refractivity contribution < 1.29 is 17.9 Å². The van der Waals surface area contributed by atoms with Crippen molar-refractivity contribution in [3.63, 3.8) is 0 Å². The molecule has 1 fully saturated rings. The summed E-state index contributed by atoms with van der Waals surface area (Å²) in [5.41, 5.74) is 2.99. The van der Waals surface area contributed by atoms with Crippen LogP contribution in [0.2, 0.25) is 0 Å². The number of benzene rings is 2. The van der Waals surface area contributed by atoms with E-state index >= 15 is 0 Å². The third-order valence-corrected chi connectivity index (χ3v) is 7.24. The maximum atomic E-state index is 13.2. The Morgan fingerprint density at radius 3 is 2.57 bits per heavy atom. The monoisotopic (exact) mass is 428 g/mol. The van der Waals surface area contributed by atoms with Crippen LogP contribution in [0.4, 0.5) is 5.69 Å². The number of carbonyl (C=O) groups excluding carboxylic acids is 1. The van der Waals surface area contributed by atoms with Gasteiger partial charge in [-0.05, 0) is 69.5 Å². The van der Waals surface area contributed by atoms with Crippen molar-refractivity contribution in [1.82, 2.24) is 4.72 Å². The molecule has 1 amide bonds. The van der Waals surface area contributed by atoms with Crippen LogP contribution in [0.15, 0.2) is 41.3 Å². The van der Waals surface area contributed by atoms with Gasteiger partial charge in [-0.25, -0.2) is 13.1 Å². The lowest BCUT2D eigenvalue weighted by Gasteiger charge is -2.38. The Morgan fingerprint density at radius 1 is 1.13 bits per heavy atom. The molecule has 2 aromatic carbocycles. The van der Waals surface area contributed by atoms with Gasteiger partial charge in [0.2, 0.25) is 15.9 Å². The quantitative estimate of drug-likeness (QED) is 0.798. The molecule has 30 heavy (non-hydrogen) atoms. The zero-order valence-electron chi connectivity index (χ0n) is 17.9. The van der Waals surface area contributed by atoms with Crippen molar-refractivity contribution in [3.05, 3.63) is 53.1 Å². The van der Waals surface area contributed by atoms with Crippen LogP contribution in [0.1, 0.15) is 55.8 Å². The van der Waals surface area contributed by atoms with Gasteiger partial charge < -0.3 is 9.64 Å². The van der Waals surface area contributed by atoms with Gasteiger partial charge in [0.1, 0.15) is 11.4 Å². The first-order valence-corrected chi connectivity index (χ1v) is 11.8. The molecule has 2 aliphatic heterocycles. The number of ether oxygens (including phenoxy) is 1. The minimum atomic E-state index is -3.75. The van der Waals surface area contributed by atoms with Gasteiger partial charge in [0.15, 0.2) is 0 Å². The summed E-state index contributed by atoms with van der Waals surface area (Å²) in [5, 5.41) is 0. The molecule has 0 unspecified atom stereocenters. The van der Waals surface area contributed by atoms with Gasteiger partial charge >= 0.3 is 0 Å². The number of anilines is 1. The molecule has 7 heteroatoms. The summed E-state index contributed by atoms with van der Waals surface area (Å²) >= 11 is 0. The molecule has 1 saturated heterocycles. The van der Waals surface area contributed by atoms with Crippen LogP contribution < -0.4 is 14.4 Å². The van der Waals surface area contributed by atoms with Gasteiger partial charge in [-0.2, -0.15) is 0 Å². The van der Waals surface area contributed by atoms with Gasteiger partial charge in [-0.15, -0.1) is 0 Å². The Bertz CT molecular complexity index is 1110. The highest BCUT2D eigenvalue weighted by molar-refractivity contribution is 7.89. The van der Waals surface area contributed by atoms with E-state index in [1.54, 1.807) is 23.1 Å². The van der Waals surface area contributed by atoms with E-state index in [0.717, 1.165) is 34.5 Å². The molecule has 1 N–H and O–H groups in total. The number of hydrogen-bond donors (Lipinski definition) is 1. The fraction of sp³-hybridized carbons (Fsp3) is 0.435. The number of hydrogen-bond acceptors (Lipinski definition) is 4. The van der Waals surface area contributed by atoms with Gasteiger partial charge in [0.05, 0.1) is 10.9 Å². The lowest BCUT2D eigenvalue weighted by atomic mass is 9.90. The molecular formula is C23H28N2O4S. The number of sulfonamides is 1. The van der Waals surface area contributed by atoms with Crippen LogP contribution >= 0.6 is 0 Å². The fourth-order valence-corrected chi connectivity index (χ4v) is 5.62. The summed E-state index contributed by atoms with van der Waals surface area (Å²) in [5.74, 6) is 0.807.